The Labute approximate surface area is 93.9 Å². The highest BCUT2D eigenvalue weighted by Gasteiger charge is 2.32. The lowest BCUT2D eigenvalue weighted by molar-refractivity contribution is -0.145. The zero-order valence-corrected chi connectivity index (χ0v) is 9.31. The van der Waals surface area contributed by atoms with Crippen LogP contribution in [0.4, 0.5) is 0 Å². The Morgan fingerprint density at radius 3 is 2.56 bits per heavy atom. The number of nitrogens with one attached hydrogen (secondary N) is 1. The Bertz CT molecular complexity index is 257. The molecule has 7 heteroatoms. The van der Waals surface area contributed by atoms with Crippen LogP contribution >= 0.6 is 0 Å². The summed E-state index contributed by atoms with van der Waals surface area (Å²) >= 11 is 0. The number of amidine groups is 1. The molecule has 0 radical (unpaired) electrons. The molecule has 0 heterocycles. The summed E-state index contributed by atoms with van der Waals surface area (Å²) in [7, 11) is 0. The van der Waals surface area contributed by atoms with Gasteiger partial charge in [0.1, 0.15) is 11.4 Å². The minimum atomic E-state index is -1.56. The number of hydrogen-bond donors (Lipinski definition) is 5. The molecule has 6 N–H and O–H groups in total. The van der Waals surface area contributed by atoms with Gasteiger partial charge in [-0.05, 0) is 26.2 Å². The van der Waals surface area contributed by atoms with Crippen LogP contribution in [0.25, 0.3) is 0 Å². The number of unbranched alkanes of at least 4 members (excludes halogenated alkanes) is 1. The summed E-state index contributed by atoms with van der Waals surface area (Å²) in [4.78, 5) is 14.7. The molecule has 0 aliphatic heterocycles. The first-order chi connectivity index (χ1) is 7.46. The second kappa shape index (κ2) is 7.15. The minimum absolute atomic E-state index is 0.194. The van der Waals surface area contributed by atoms with Gasteiger partial charge in [0.25, 0.3) is 0 Å². The van der Waals surface area contributed by atoms with Crippen molar-refractivity contribution in [3.8, 4) is 0 Å². The van der Waals surface area contributed by atoms with Gasteiger partial charge >= 0.3 is 5.97 Å². The zero-order valence-electron chi connectivity index (χ0n) is 9.31. The normalized spacial score (nSPS) is 15.6. The molecule has 0 saturated heterocycles. The highest BCUT2D eigenvalue weighted by molar-refractivity contribution is 5.78. The second-order valence-electron chi connectivity index (χ2n) is 3.66. The fourth-order valence-electron chi connectivity index (χ4n) is 1.09. The molecule has 0 rings (SSSR count). The van der Waals surface area contributed by atoms with Crippen LogP contribution in [-0.2, 0) is 4.79 Å². The number of nitrogens with two attached hydrogens (primary N) is 1. The van der Waals surface area contributed by atoms with Crippen molar-refractivity contribution in [2.24, 2.45) is 10.7 Å². The SMILES string of the molecule is CC(=NCCCCC(N)(CO)C(=O)O)NO. The number of aliphatic hydroxyl groups is 1. The van der Waals surface area contributed by atoms with Crippen LogP contribution in [0, 0.1) is 0 Å². The number of aliphatic hydroxyl groups excluding tert-OH is 1. The lowest BCUT2D eigenvalue weighted by Crippen LogP contribution is -2.51. The molecule has 94 valence electrons. The van der Waals surface area contributed by atoms with Crippen LogP contribution in [0.1, 0.15) is 26.2 Å². The topological polar surface area (TPSA) is 128 Å². The molecule has 0 aromatic heterocycles. The van der Waals surface area contributed by atoms with E-state index in [9.17, 15) is 4.79 Å². The molecule has 0 fully saturated rings. The Balaban J connectivity index is 3.85. The van der Waals surface area contributed by atoms with E-state index in [0.29, 0.717) is 25.2 Å². The number of nitrogens with zero attached hydrogens (tertiary/aromatic N) is 1. The number of carbonyl (C=O) groups is 1. The van der Waals surface area contributed by atoms with Crippen molar-refractivity contribution in [1.29, 1.82) is 0 Å². The van der Waals surface area contributed by atoms with Crippen molar-refractivity contribution in [2.45, 2.75) is 31.7 Å². The fraction of sp³-hybridized carbons (Fsp3) is 0.778. The Morgan fingerprint density at radius 1 is 1.50 bits per heavy atom. The summed E-state index contributed by atoms with van der Waals surface area (Å²) in [6.45, 7) is 1.50. The summed E-state index contributed by atoms with van der Waals surface area (Å²) in [6.07, 6.45) is 1.39. The van der Waals surface area contributed by atoms with Crippen molar-refractivity contribution in [3.63, 3.8) is 0 Å². The third kappa shape index (κ3) is 5.06. The van der Waals surface area contributed by atoms with Gasteiger partial charge in [0.2, 0.25) is 0 Å². The number of rotatable bonds is 7. The van der Waals surface area contributed by atoms with E-state index in [2.05, 4.69) is 4.99 Å². The number of aliphatic imine (C=N–C) groups is 1. The van der Waals surface area contributed by atoms with Crippen molar-refractivity contribution in [1.82, 2.24) is 5.48 Å². The molecule has 1 atom stereocenters. The van der Waals surface area contributed by atoms with Gasteiger partial charge in [0, 0.05) is 6.54 Å². The van der Waals surface area contributed by atoms with Gasteiger partial charge in [-0.3, -0.25) is 20.5 Å². The average molecular weight is 233 g/mol. The first kappa shape index (κ1) is 14.8. The standard InChI is InChI=1S/C9H19N3O4/c1-7(12-16)11-5-3-2-4-9(10,6-13)8(14)15/h13,16H,2-6,10H2,1H3,(H,11,12)(H,14,15). The van der Waals surface area contributed by atoms with Crippen molar-refractivity contribution in [3.05, 3.63) is 0 Å². The highest BCUT2D eigenvalue weighted by Crippen LogP contribution is 2.11. The van der Waals surface area contributed by atoms with Crippen LogP contribution < -0.4 is 11.2 Å². The summed E-state index contributed by atoms with van der Waals surface area (Å²) < 4.78 is 0. The molecule has 0 spiro atoms. The van der Waals surface area contributed by atoms with E-state index in [0.717, 1.165) is 0 Å². The van der Waals surface area contributed by atoms with E-state index in [1.54, 1.807) is 6.92 Å². The van der Waals surface area contributed by atoms with Crippen LogP contribution in [0.2, 0.25) is 0 Å². The van der Waals surface area contributed by atoms with Gasteiger partial charge < -0.3 is 15.9 Å². The Hall–Kier alpha value is -1.18. The number of hydroxylamine groups is 1. The van der Waals surface area contributed by atoms with Crippen LogP contribution in [0.3, 0.4) is 0 Å². The minimum Gasteiger partial charge on any atom is -0.480 e. The molecular weight excluding hydrogens is 214 g/mol. The molecule has 0 aliphatic carbocycles. The van der Waals surface area contributed by atoms with Crippen molar-refractivity contribution in [2.75, 3.05) is 13.2 Å². The third-order valence-electron chi connectivity index (χ3n) is 2.25. The van der Waals surface area contributed by atoms with Crippen molar-refractivity contribution >= 4 is 11.8 Å². The summed E-state index contributed by atoms with van der Waals surface area (Å²) in [5.41, 5.74) is 5.80. The first-order valence-corrected chi connectivity index (χ1v) is 5.00. The first-order valence-electron chi connectivity index (χ1n) is 5.00. The molecule has 16 heavy (non-hydrogen) atoms. The predicted molar refractivity (Wildman–Crippen MR) is 58.4 cm³/mol. The second-order valence-corrected chi connectivity index (χ2v) is 3.66. The monoisotopic (exact) mass is 233 g/mol. The lowest BCUT2D eigenvalue weighted by atomic mass is 9.95. The molecule has 0 aliphatic rings. The maximum Gasteiger partial charge on any atom is 0.326 e. The van der Waals surface area contributed by atoms with Gasteiger partial charge in [-0.25, -0.2) is 0 Å². The predicted octanol–water partition coefficient (Wildman–Crippen LogP) is -0.672. The Morgan fingerprint density at radius 2 is 2.12 bits per heavy atom. The number of carboxylic acid groups (broad SMARTS) is 1. The number of hydrogen-bond acceptors (Lipinski definition) is 5. The number of carboxylic acids is 1. The summed E-state index contributed by atoms with van der Waals surface area (Å²) in [5.74, 6) is -0.800. The fourth-order valence-corrected chi connectivity index (χ4v) is 1.09. The zero-order chi connectivity index (χ0) is 12.6. The summed E-state index contributed by atoms with van der Waals surface area (Å²) in [5, 5.41) is 26.0. The van der Waals surface area contributed by atoms with E-state index < -0.39 is 18.1 Å². The molecular formula is C9H19N3O4. The maximum absolute atomic E-state index is 10.7. The van der Waals surface area contributed by atoms with E-state index in [-0.39, 0.29) is 6.42 Å². The molecule has 0 bridgehead atoms. The molecule has 0 aromatic rings. The molecule has 1 unspecified atom stereocenters. The highest BCUT2D eigenvalue weighted by atomic mass is 16.5. The van der Waals surface area contributed by atoms with E-state index in [4.69, 9.17) is 21.2 Å². The lowest BCUT2D eigenvalue weighted by Gasteiger charge is -2.21. The third-order valence-corrected chi connectivity index (χ3v) is 2.25. The van der Waals surface area contributed by atoms with Gasteiger partial charge in [-0.15, -0.1) is 0 Å². The molecule has 7 nitrogen and oxygen atoms in total. The molecule has 0 aromatic carbocycles. The molecule has 0 saturated carbocycles. The van der Waals surface area contributed by atoms with E-state index >= 15 is 0 Å². The van der Waals surface area contributed by atoms with Crippen LogP contribution in [0.5, 0.6) is 0 Å². The van der Waals surface area contributed by atoms with Gasteiger partial charge in [0.15, 0.2) is 0 Å². The Kier molecular flexibility index (Phi) is 6.63. The maximum atomic E-state index is 10.7. The molecule has 0 amide bonds. The smallest absolute Gasteiger partial charge is 0.326 e. The van der Waals surface area contributed by atoms with Gasteiger partial charge in [-0.2, -0.15) is 0 Å². The van der Waals surface area contributed by atoms with Crippen LogP contribution in [0.15, 0.2) is 4.99 Å². The average Bonchev–Trinajstić information content (AvgIpc) is 2.27. The van der Waals surface area contributed by atoms with Crippen molar-refractivity contribution < 1.29 is 20.2 Å². The summed E-state index contributed by atoms with van der Waals surface area (Å²) in [6, 6.07) is 0. The van der Waals surface area contributed by atoms with E-state index in [1.165, 1.54) is 0 Å². The van der Waals surface area contributed by atoms with Gasteiger partial charge in [-0.1, -0.05) is 0 Å². The largest absolute Gasteiger partial charge is 0.480 e. The van der Waals surface area contributed by atoms with Crippen LogP contribution in [-0.4, -0.2) is 45.9 Å². The van der Waals surface area contributed by atoms with E-state index in [1.807, 2.05) is 5.48 Å². The van der Waals surface area contributed by atoms with Gasteiger partial charge in [0.05, 0.1) is 6.61 Å². The number of aliphatic carboxylic acids is 1. The quantitative estimate of drug-likeness (QED) is 0.172.